The summed E-state index contributed by atoms with van der Waals surface area (Å²) in [5, 5.41) is 0.397. The van der Waals surface area contributed by atoms with Gasteiger partial charge >= 0.3 is 0 Å². The average molecular weight is 328 g/mol. The van der Waals surface area contributed by atoms with E-state index in [4.69, 9.17) is 34.8 Å². The monoisotopic (exact) mass is 326 g/mol. The quantitative estimate of drug-likeness (QED) is 0.416. The molecule has 0 saturated carbocycles. The Bertz CT molecular complexity index is 752. The first-order valence-corrected chi connectivity index (χ1v) is 7.14. The van der Waals surface area contributed by atoms with E-state index in [1.165, 1.54) is 0 Å². The molecule has 0 atom stereocenters. The second-order valence-corrected chi connectivity index (χ2v) is 5.24. The molecule has 2 aromatic heterocycles. The van der Waals surface area contributed by atoms with E-state index in [1.807, 2.05) is 28.8 Å². The predicted octanol–water partition coefficient (Wildman–Crippen LogP) is 3.92. The summed E-state index contributed by atoms with van der Waals surface area (Å²) in [6.07, 6.45) is 1.68. The topological polar surface area (TPSA) is 43.6 Å². The Morgan fingerprint density at radius 2 is 1.70 bits per heavy atom. The number of fused-ring (bicyclic) bond motifs is 1. The SMILES string of the molecule is ClCc1ccc(Cn2cnc3nc(Cl)nc(Cl)c32)cc1. The van der Waals surface area contributed by atoms with Crippen LogP contribution in [0.2, 0.25) is 10.4 Å². The molecule has 0 saturated heterocycles. The molecule has 0 aliphatic heterocycles. The zero-order chi connectivity index (χ0) is 14.1. The van der Waals surface area contributed by atoms with Crippen LogP contribution >= 0.6 is 34.8 Å². The molecule has 0 fully saturated rings. The van der Waals surface area contributed by atoms with Gasteiger partial charge in [-0.2, -0.15) is 4.98 Å². The van der Waals surface area contributed by atoms with Crippen molar-refractivity contribution in [3.8, 4) is 0 Å². The molecule has 0 bridgehead atoms. The van der Waals surface area contributed by atoms with Gasteiger partial charge in [-0.3, -0.25) is 0 Å². The van der Waals surface area contributed by atoms with Crippen LogP contribution in [0.4, 0.5) is 0 Å². The van der Waals surface area contributed by atoms with Crippen molar-refractivity contribution in [2.24, 2.45) is 0 Å². The highest BCUT2D eigenvalue weighted by atomic mass is 35.5. The zero-order valence-corrected chi connectivity index (χ0v) is 12.5. The summed E-state index contributed by atoms with van der Waals surface area (Å²) < 4.78 is 1.89. The third-order valence-electron chi connectivity index (χ3n) is 2.93. The van der Waals surface area contributed by atoms with Gasteiger partial charge in [0.25, 0.3) is 0 Å². The van der Waals surface area contributed by atoms with Gasteiger partial charge in [0.05, 0.1) is 6.33 Å². The van der Waals surface area contributed by atoms with Crippen LogP contribution in [0.25, 0.3) is 11.2 Å². The van der Waals surface area contributed by atoms with Crippen molar-refractivity contribution in [2.45, 2.75) is 12.4 Å². The summed E-state index contributed by atoms with van der Waals surface area (Å²) in [5.74, 6) is 0.506. The van der Waals surface area contributed by atoms with E-state index in [9.17, 15) is 0 Å². The molecule has 7 heteroatoms. The molecule has 0 N–H and O–H groups in total. The molecule has 1 aromatic carbocycles. The predicted molar refractivity (Wildman–Crippen MR) is 80.4 cm³/mol. The van der Waals surface area contributed by atoms with E-state index in [0.29, 0.717) is 28.7 Å². The van der Waals surface area contributed by atoms with Crippen molar-refractivity contribution in [2.75, 3.05) is 0 Å². The number of hydrogen-bond acceptors (Lipinski definition) is 3. The Morgan fingerprint density at radius 1 is 1.00 bits per heavy atom. The molecule has 102 valence electrons. The van der Waals surface area contributed by atoms with Gasteiger partial charge in [0.1, 0.15) is 5.52 Å². The molecule has 0 radical (unpaired) electrons. The number of imidazole rings is 1. The molecule has 2 heterocycles. The lowest BCUT2D eigenvalue weighted by molar-refractivity contribution is 0.822. The number of aromatic nitrogens is 4. The maximum absolute atomic E-state index is 6.11. The summed E-state index contributed by atoms with van der Waals surface area (Å²) in [5.41, 5.74) is 3.37. The van der Waals surface area contributed by atoms with E-state index < -0.39 is 0 Å². The largest absolute Gasteiger partial charge is 0.322 e. The van der Waals surface area contributed by atoms with Crippen LogP contribution in [0.3, 0.4) is 0 Å². The summed E-state index contributed by atoms with van der Waals surface area (Å²) in [4.78, 5) is 12.2. The van der Waals surface area contributed by atoms with Gasteiger partial charge in [-0.1, -0.05) is 35.9 Å². The second kappa shape index (κ2) is 5.56. The van der Waals surface area contributed by atoms with Crippen LogP contribution < -0.4 is 0 Å². The van der Waals surface area contributed by atoms with Crippen LogP contribution in [0.5, 0.6) is 0 Å². The van der Waals surface area contributed by atoms with E-state index >= 15 is 0 Å². The van der Waals surface area contributed by atoms with Crippen molar-refractivity contribution in [1.29, 1.82) is 0 Å². The van der Waals surface area contributed by atoms with Crippen LogP contribution in [0.1, 0.15) is 11.1 Å². The van der Waals surface area contributed by atoms with Crippen molar-refractivity contribution in [3.05, 3.63) is 52.2 Å². The fourth-order valence-corrected chi connectivity index (χ4v) is 2.62. The van der Waals surface area contributed by atoms with Gasteiger partial charge in [-0.15, -0.1) is 11.6 Å². The van der Waals surface area contributed by atoms with Crippen LogP contribution in [-0.2, 0) is 12.4 Å². The number of halogens is 3. The molecule has 0 spiro atoms. The normalized spacial score (nSPS) is 11.2. The molecule has 0 amide bonds. The van der Waals surface area contributed by atoms with Gasteiger partial charge in [0.2, 0.25) is 5.28 Å². The molecule has 0 unspecified atom stereocenters. The van der Waals surface area contributed by atoms with E-state index in [1.54, 1.807) is 6.33 Å². The number of nitrogens with zero attached hydrogens (tertiary/aromatic N) is 4. The first-order valence-electron chi connectivity index (χ1n) is 5.85. The number of benzene rings is 1. The molecular formula is C13H9Cl3N4. The Kier molecular flexibility index (Phi) is 3.78. The van der Waals surface area contributed by atoms with Crippen molar-refractivity contribution >= 4 is 46.0 Å². The third kappa shape index (κ3) is 2.59. The first-order chi connectivity index (χ1) is 9.67. The first kappa shape index (κ1) is 13.6. The summed E-state index contributed by atoms with van der Waals surface area (Å²) in [6, 6.07) is 8.04. The molecule has 3 rings (SSSR count). The summed E-state index contributed by atoms with van der Waals surface area (Å²) in [6.45, 7) is 0.629. The van der Waals surface area contributed by atoms with Crippen LogP contribution in [-0.4, -0.2) is 19.5 Å². The average Bonchev–Trinajstić information content (AvgIpc) is 2.82. The second-order valence-electron chi connectivity index (χ2n) is 4.28. The molecule has 3 aromatic rings. The molecule has 20 heavy (non-hydrogen) atoms. The highest BCUT2D eigenvalue weighted by Gasteiger charge is 2.11. The molecular weight excluding hydrogens is 319 g/mol. The van der Waals surface area contributed by atoms with Gasteiger partial charge < -0.3 is 4.57 Å². The Morgan fingerprint density at radius 3 is 2.40 bits per heavy atom. The number of alkyl halides is 1. The highest BCUT2D eigenvalue weighted by Crippen LogP contribution is 2.22. The fraction of sp³-hybridized carbons (Fsp3) is 0.154. The fourth-order valence-electron chi connectivity index (χ4n) is 1.96. The minimum atomic E-state index is 0.0965. The lowest BCUT2D eigenvalue weighted by Gasteiger charge is -2.06. The molecule has 0 aliphatic carbocycles. The van der Waals surface area contributed by atoms with E-state index in [2.05, 4.69) is 15.0 Å². The lowest BCUT2D eigenvalue weighted by atomic mass is 10.1. The summed E-state index contributed by atoms with van der Waals surface area (Å²) >= 11 is 17.6. The van der Waals surface area contributed by atoms with Gasteiger partial charge in [-0.05, 0) is 22.7 Å². The van der Waals surface area contributed by atoms with Gasteiger partial charge in [0, 0.05) is 12.4 Å². The van der Waals surface area contributed by atoms with Gasteiger partial charge in [-0.25, -0.2) is 9.97 Å². The lowest BCUT2D eigenvalue weighted by Crippen LogP contribution is -1.99. The smallest absolute Gasteiger partial charge is 0.225 e. The Balaban J connectivity index is 1.98. The maximum Gasteiger partial charge on any atom is 0.225 e. The minimum absolute atomic E-state index is 0.0965. The van der Waals surface area contributed by atoms with E-state index in [-0.39, 0.29) is 5.28 Å². The van der Waals surface area contributed by atoms with Crippen LogP contribution in [0.15, 0.2) is 30.6 Å². The Labute approximate surface area is 130 Å². The van der Waals surface area contributed by atoms with Crippen LogP contribution in [0, 0.1) is 0 Å². The van der Waals surface area contributed by atoms with Crippen molar-refractivity contribution in [1.82, 2.24) is 19.5 Å². The number of rotatable bonds is 3. The zero-order valence-electron chi connectivity index (χ0n) is 10.2. The number of hydrogen-bond donors (Lipinski definition) is 0. The minimum Gasteiger partial charge on any atom is -0.322 e. The van der Waals surface area contributed by atoms with E-state index in [0.717, 1.165) is 11.1 Å². The van der Waals surface area contributed by atoms with Crippen molar-refractivity contribution in [3.63, 3.8) is 0 Å². The molecule has 4 nitrogen and oxygen atoms in total. The molecule has 0 aliphatic rings. The Hall–Kier alpha value is -1.36. The van der Waals surface area contributed by atoms with Crippen molar-refractivity contribution < 1.29 is 0 Å². The van der Waals surface area contributed by atoms with Gasteiger partial charge in [0.15, 0.2) is 10.8 Å². The third-order valence-corrected chi connectivity index (χ3v) is 3.67. The maximum atomic E-state index is 6.11. The highest BCUT2D eigenvalue weighted by molar-refractivity contribution is 6.35. The summed E-state index contributed by atoms with van der Waals surface area (Å²) in [7, 11) is 0. The standard InChI is InChI=1S/C13H9Cl3N4/c14-5-8-1-3-9(4-2-8)6-20-7-17-12-10(20)11(15)18-13(16)19-12/h1-4,7H,5-6H2.